The number of ether oxygens (including phenoxy) is 10. The van der Waals surface area contributed by atoms with Gasteiger partial charge in [0.15, 0.2) is 11.6 Å². The molecule has 23 heteroatoms. The molecule has 23 nitrogen and oxygen atoms in total. The van der Waals surface area contributed by atoms with Crippen LogP contribution in [0.25, 0.3) is 0 Å². The molecule has 2 aromatic rings. The molecule has 6 rings (SSSR count). The van der Waals surface area contributed by atoms with Crippen molar-refractivity contribution in [1.82, 2.24) is 16.0 Å². The van der Waals surface area contributed by atoms with E-state index in [1.54, 1.807) is 0 Å². The van der Waals surface area contributed by atoms with Crippen LogP contribution in [-0.4, -0.2) is 156 Å². The van der Waals surface area contributed by atoms with Crippen molar-refractivity contribution >= 4 is 41.6 Å². The molecule has 4 aliphatic heterocycles. The second-order valence-electron chi connectivity index (χ2n) is 48.9. The fourth-order valence-electron chi connectivity index (χ4n) is 21.1. The van der Waals surface area contributed by atoms with Crippen molar-refractivity contribution in [2.45, 2.75) is 597 Å². The summed E-state index contributed by atoms with van der Waals surface area (Å²) in [6.07, 6.45) is 66.9. The Kier molecular flexibility index (Phi) is 67.5. The second-order valence-corrected chi connectivity index (χ2v) is 48.9. The molecule has 4 heterocycles. The first-order valence-electron chi connectivity index (χ1n) is 60.6. The minimum absolute atomic E-state index is 0.0260. The first-order chi connectivity index (χ1) is 70.9. The van der Waals surface area contributed by atoms with Crippen molar-refractivity contribution in [2.24, 2.45) is 35.5 Å². The highest BCUT2D eigenvalue weighted by Crippen LogP contribution is 2.48. The summed E-state index contributed by atoms with van der Waals surface area (Å²) in [6.45, 7) is 48.3. The molecular formula is C126H223N3O20. The summed E-state index contributed by atoms with van der Waals surface area (Å²) in [6, 6.07) is 0. The normalized spacial score (nSPS) is 17.8. The topological polar surface area (TPSA) is 309 Å². The minimum atomic E-state index is -1.50. The summed E-state index contributed by atoms with van der Waals surface area (Å²) in [5.41, 5.74) is 3.91. The van der Waals surface area contributed by atoms with E-state index < -0.39 is 71.9 Å². The number of esters is 4. The van der Waals surface area contributed by atoms with Crippen molar-refractivity contribution in [2.75, 3.05) is 59.5 Å². The molecule has 6 unspecified atom stereocenters. The number of unbranched alkanes of at least 4 members (excludes halogenated alkanes) is 30. The maximum absolute atomic E-state index is 13.2. The van der Waals surface area contributed by atoms with Gasteiger partial charge in [-0.05, 0) is 223 Å². The molecule has 2 saturated heterocycles. The molecule has 149 heavy (non-hydrogen) atoms. The molecule has 0 aliphatic carbocycles. The molecule has 862 valence electrons. The maximum Gasteiger partial charge on any atom is 0.311 e. The van der Waals surface area contributed by atoms with Crippen molar-refractivity contribution in [3.63, 3.8) is 0 Å². The molecular weight excluding hydrogens is 1880 g/mol. The lowest BCUT2D eigenvalue weighted by Crippen LogP contribution is -2.63. The average molecular weight is 2100 g/mol. The van der Waals surface area contributed by atoms with Gasteiger partial charge in [0.05, 0.1) is 71.9 Å². The molecule has 6 N–H and O–H groups in total. The summed E-state index contributed by atoms with van der Waals surface area (Å²) >= 11 is 0. The Balaban J connectivity index is 0.000000502. The van der Waals surface area contributed by atoms with E-state index in [0.29, 0.717) is 36.7 Å². The van der Waals surface area contributed by atoms with Crippen molar-refractivity contribution in [1.29, 1.82) is 0 Å². The third-order valence-electron chi connectivity index (χ3n) is 32.1. The van der Waals surface area contributed by atoms with E-state index >= 15 is 0 Å². The first kappa shape index (κ1) is 135. The smallest absolute Gasteiger partial charge is 0.311 e. The highest BCUT2D eigenvalue weighted by Gasteiger charge is 2.45. The van der Waals surface area contributed by atoms with Gasteiger partial charge in [0.1, 0.15) is 64.0 Å². The predicted octanol–water partition coefficient (Wildman–Crippen LogP) is 29.9. The van der Waals surface area contributed by atoms with Gasteiger partial charge in [0, 0.05) is 30.4 Å². The fraction of sp³-hybridized carbons (Fsp3) is 0.849. The van der Waals surface area contributed by atoms with E-state index in [1.165, 1.54) is 244 Å². The van der Waals surface area contributed by atoms with Crippen LogP contribution in [-0.2, 0) is 74.8 Å². The van der Waals surface area contributed by atoms with Gasteiger partial charge in [-0.1, -0.05) is 359 Å². The Morgan fingerprint density at radius 1 is 0.329 bits per heavy atom. The molecule has 2 fully saturated rings. The lowest BCUT2D eigenvalue weighted by molar-refractivity contribution is -0.275. The highest BCUT2D eigenvalue weighted by molar-refractivity contribution is 5.82. The number of hydrogen-bond acceptors (Lipinski definition) is 20. The standard InChI is InChI=1S/C54H93NO8.C51H89NO8.C21H41NO4/c1-12-13-14-15-16-17-18-19-20-21-22-31-47(56)55-54(38-60-52(9,10)61-39-54)37-59-48(57)32-33-49(58)62-50-43(6)44(7)51-46(45(50)8)34-36-53(11,63-51)35-25-30-42(5)29-24-28-41(4)27-23-26-40(2)3;1-10-11-12-13-14-15-16-17-18-19-20-29-45(55)52-51(35-53,36-54)37-58-46(56)30-31-47(57)59-48-41(6)42(7)49-44(43(48)8)32-34-50(9,60-49)33-23-28-40(5)27-22-26-39(4)25-21-24-38(2)3;1-4-5-6-7-8-9-10-11-12-13-14-15-19(24)22-21(16-23)17-25-20(2,3)26-18-21/h40-42H,12-39H2,1-11H3,(H,55,56);38-40,53-54H,10-37H2,1-9H3,(H,52,55);23H,4-18H2,1-3H3,(H,22,24). The summed E-state index contributed by atoms with van der Waals surface area (Å²) in [5, 5.41) is 38.4. The Bertz CT molecular complexity index is 4040. The minimum Gasteiger partial charge on any atom is -0.487 e. The number of carbonyl (C=O) groups is 7. The number of aliphatic hydroxyl groups excluding tert-OH is 3. The van der Waals surface area contributed by atoms with E-state index in [2.05, 4.69) is 106 Å². The lowest BCUT2D eigenvalue weighted by atomic mass is 9.83. The fourth-order valence-corrected chi connectivity index (χ4v) is 21.1. The zero-order valence-corrected chi connectivity index (χ0v) is 99.5. The predicted molar refractivity (Wildman–Crippen MR) is 606 cm³/mol. The third kappa shape index (κ3) is 56.0. The largest absolute Gasteiger partial charge is 0.487 e. The van der Waals surface area contributed by atoms with Crippen LogP contribution in [0, 0.1) is 77.0 Å². The van der Waals surface area contributed by atoms with E-state index in [1.807, 2.05) is 69.2 Å². The average Bonchev–Trinajstić information content (AvgIpc) is 0.759. The van der Waals surface area contributed by atoms with Crippen LogP contribution in [0.15, 0.2) is 0 Å². The monoisotopic (exact) mass is 2100 g/mol. The number of amides is 3. The summed E-state index contributed by atoms with van der Waals surface area (Å²) in [4.78, 5) is 89.9. The SMILES string of the molecule is CCCCCCCCCCCCCC(=O)NC(CO)(CO)COC(=O)CCC(=O)Oc1c(C)c(C)c2c(c1C)CCC(C)(CCCC(C)CCCC(C)CCCC(C)C)O2.CCCCCCCCCCCCCC(=O)NC1(CO)COC(C)(C)OC1.CCCCCCCCCCCCCC(=O)NC1(COC(=O)CCC(=O)Oc2c(C)c(C)c3c(c2C)CCC(C)(CCCC(C)CCCC(C)CCCC(C)C)O3)COC(C)(C)OC1. The number of hydrogen-bond donors (Lipinski definition) is 6. The Labute approximate surface area is 907 Å². The van der Waals surface area contributed by atoms with Crippen LogP contribution in [0.3, 0.4) is 0 Å². The maximum atomic E-state index is 13.2. The van der Waals surface area contributed by atoms with E-state index in [9.17, 15) is 48.9 Å². The quantitative estimate of drug-likeness (QED) is 0.0204. The van der Waals surface area contributed by atoms with Crippen LogP contribution < -0.4 is 34.9 Å². The number of benzene rings is 2. The van der Waals surface area contributed by atoms with E-state index in [0.717, 1.165) is 188 Å². The second kappa shape index (κ2) is 74.3. The van der Waals surface area contributed by atoms with Gasteiger partial charge in [-0.25, -0.2) is 0 Å². The molecule has 0 saturated carbocycles. The summed E-state index contributed by atoms with van der Waals surface area (Å²) in [5.74, 6) is 3.43. The van der Waals surface area contributed by atoms with Crippen LogP contribution in [0.1, 0.15) is 547 Å². The van der Waals surface area contributed by atoms with Gasteiger partial charge in [-0.3, -0.25) is 33.6 Å². The van der Waals surface area contributed by atoms with Crippen LogP contribution in [0.2, 0.25) is 0 Å². The number of carbonyl (C=O) groups excluding carboxylic acids is 7. The third-order valence-corrected chi connectivity index (χ3v) is 32.1. The zero-order valence-electron chi connectivity index (χ0n) is 99.5. The summed E-state index contributed by atoms with van der Waals surface area (Å²) < 4.78 is 59.5. The number of rotatable bonds is 78. The Morgan fingerprint density at radius 3 is 0.926 bits per heavy atom. The molecule has 3 amide bonds. The molecule has 0 aromatic heterocycles. The van der Waals surface area contributed by atoms with Crippen molar-refractivity contribution in [3.05, 3.63) is 44.5 Å². The van der Waals surface area contributed by atoms with Gasteiger partial charge < -0.3 is 78.6 Å². The number of aliphatic hydroxyl groups is 3. The first-order valence-corrected chi connectivity index (χ1v) is 60.6. The molecule has 0 bridgehead atoms. The molecule has 6 atom stereocenters. The number of fused-ring (bicyclic) bond motifs is 2. The van der Waals surface area contributed by atoms with Gasteiger partial charge >= 0.3 is 23.9 Å². The molecule has 0 radical (unpaired) electrons. The Hall–Kier alpha value is -5.95. The van der Waals surface area contributed by atoms with Crippen LogP contribution in [0.5, 0.6) is 23.0 Å². The molecule has 2 aromatic carbocycles. The lowest BCUT2D eigenvalue weighted by Gasteiger charge is -2.43. The zero-order chi connectivity index (χ0) is 110. The van der Waals surface area contributed by atoms with Gasteiger partial charge in [-0.15, -0.1) is 0 Å². The van der Waals surface area contributed by atoms with Crippen LogP contribution in [0.4, 0.5) is 0 Å². The van der Waals surface area contributed by atoms with Crippen molar-refractivity contribution in [3.8, 4) is 23.0 Å². The highest BCUT2D eigenvalue weighted by atomic mass is 16.7. The molecule has 0 spiro atoms. The van der Waals surface area contributed by atoms with E-state index in [4.69, 9.17) is 47.4 Å². The van der Waals surface area contributed by atoms with Gasteiger partial charge in [-0.2, -0.15) is 0 Å². The number of nitrogens with one attached hydrogen (secondary N) is 3. The Morgan fingerprint density at radius 2 is 0.611 bits per heavy atom. The van der Waals surface area contributed by atoms with E-state index in [-0.39, 0.29) is 101 Å². The van der Waals surface area contributed by atoms with Gasteiger partial charge in [0.2, 0.25) is 17.7 Å². The van der Waals surface area contributed by atoms with Gasteiger partial charge in [0.25, 0.3) is 0 Å². The van der Waals surface area contributed by atoms with Crippen LogP contribution >= 0.6 is 0 Å². The summed E-state index contributed by atoms with van der Waals surface area (Å²) in [7, 11) is 0. The molecule has 4 aliphatic rings. The van der Waals surface area contributed by atoms with Crippen molar-refractivity contribution < 1.29 is 96.2 Å².